The average Bonchev–Trinajstić information content (AvgIpc) is 2.46. The van der Waals surface area contributed by atoms with Crippen LogP contribution in [0.1, 0.15) is 26.3 Å². The van der Waals surface area contributed by atoms with Crippen molar-refractivity contribution in [1.82, 2.24) is 0 Å². The van der Waals surface area contributed by atoms with Crippen molar-refractivity contribution in [3.8, 4) is 5.75 Å². The Morgan fingerprint density at radius 3 is 2.14 bits per heavy atom. The van der Waals surface area contributed by atoms with Crippen LogP contribution in [0, 0.1) is 5.82 Å². The molecule has 2 aromatic rings. The summed E-state index contributed by atoms with van der Waals surface area (Å²) in [6, 6.07) is 7.82. The number of hydrogen-bond donors (Lipinski definition) is 2. The van der Waals surface area contributed by atoms with Crippen molar-refractivity contribution in [3.63, 3.8) is 0 Å². The maximum Gasteiger partial charge on any atom is 0.335 e. The molecule has 0 aliphatic rings. The molecular formula is C15H10BrFO5. The van der Waals surface area contributed by atoms with Gasteiger partial charge in [0.1, 0.15) is 18.2 Å². The molecule has 0 aromatic heterocycles. The second-order valence-corrected chi connectivity index (χ2v) is 5.30. The highest BCUT2D eigenvalue weighted by Crippen LogP contribution is 2.21. The molecule has 0 unspecified atom stereocenters. The van der Waals surface area contributed by atoms with Crippen LogP contribution in [-0.4, -0.2) is 22.2 Å². The fourth-order valence-electron chi connectivity index (χ4n) is 1.73. The highest BCUT2D eigenvalue weighted by molar-refractivity contribution is 9.10. The highest BCUT2D eigenvalue weighted by atomic mass is 79.9. The quantitative estimate of drug-likeness (QED) is 0.842. The number of benzene rings is 2. The van der Waals surface area contributed by atoms with Gasteiger partial charge in [0.25, 0.3) is 0 Å². The van der Waals surface area contributed by atoms with Crippen LogP contribution in [0.15, 0.2) is 40.9 Å². The lowest BCUT2D eigenvalue weighted by Gasteiger charge is -2.09. The number of rotatable bonds is 5. The molecule has 0 radical (unpaired) electrons. The highest BCUT2D eigenvalue weighted by Gasteiger charge is 2.13. The Labute approximate surface area is 133 Å². The van der Waals surface area contributed by atoms with Crippen LogP contribution in [0.2, 0.25) is 0 Å². The normalized spacial score (nSPS) is 10.3. The van der Waals surface area contributed by atoms with Crippen molar-refractivity contribution in [2.75, 3.05) is 0 Å². The summed E-state index contributed by atoms with van der Waals surface area (Å²) < 4.78 is 19.6. The number of carboxylic acid groups (broad SMARTS) is 2. The molecule has 0 heterocycles. The summed E-state index contributed by atoms with van der Waals surface area (Å²) in [6.45, 7) is -0.152. The van der Waals surface area contributed by atoms with E-state index in [1.54, 1.807) is 6.07 Å². The Balaban J connectivity index is 2.25. The molecule has 0 fully saturated rings. The summed E-state index contributed by atoms with van der Waals surface area (Å²) in [5, 5.41) is 17.9. The molecule has 0 amide bonds. The molecule has 5 nitrogen and oxygen atoms in total. The van der Waals surface area contributed by atoms with Gasteiger partial charge in [-0.15, -0.1) is 0 Å². The Kier molecular flexibility index (Phi) is 4.77. The van der Waals surface area contributed by atoms with Crippen LogP contribution in [-0.2, 0) is 6.61 Å². The first-order valence-corrected chi connectivity index (χ1v) is 6.84. The second kappa shape index (κ2) is 6.57. The minimum atomic E-state index is -1.28. The first kappa shape index (κ1) is 16.0. The van der Waals surface area contributed by atoms with Gasteiger partial charge >= 0.3 is 11.9 Å². The van der Waals surface area contributed by atoms with Crippen LogP contribution in [0.4, 0.5) is 4.39 Å². The van der Waals surface area contributed by atoms with E-state index in [1.807, 2.05) is 0 Å². The van der Waals surface area contributed by atoms with Crippen LogP contribution < -0.4 is 4.74 Å². The third-order valence-corrected chi connectivity index (χ3v) is 3.30. The summed E-state index contributed by atoms with van der Waals surface area (Å²) in [4.78, 5) is 22.0. The number of carbonyl (C=O) groups is 2. The van der Waals surface area contributed by atoms with Gasteiger partial charge in [0, 0.05) is 10.0 Å². The smallest absolute Gasteiger partial charge is 0.335 e. The Hall–Kier alpha value is -2.41. The van der Waals surface area contributed by atoms with Crippen LogP contribution in [0.3, 0.4) is 0 Å². The molecule has 0 aliphatic carbocycles. The Bertz CT molecular complexity index is 712. The average molecular weight is 369 g/mol. The fourth-order valence-corrected chi connectivity index (χ4v) is 2.06. The van der Waals surface area contributed by atoms with Crippen molar-refractivity contribution in [3.05, 3.63) is 63.4 Å². The van der Waals surface area contributed by atoms with E-state index in [9.17, 15) is 14.0 Å². The molecule has 0 atom stereocenters. The van der Waals surface area contributed by atoms with E-state index in [2.05, 4.69) is 15.9 Å². The zero-order valence-electron chi connectivity index (χ0n) is 11.0. The second-order valence-electron chi connectivity index (χ2n) is 4.38. The van der Waals surface area contributed by atoms with Gasteiger partial charge in [-0.05, 0) is 30.3 Å². The largest absolute Gasteiger partial charge is 0.489 e. The van der Waals surface area contributed by atoms with E-state index in [0.717, 1.165) is 6.07 Å². The lowest BCUT2D eigenvalue weighted by Crippen LogP contribution is -2.05. The van der Waals surface area contributed by atoms with E-state index >= 15 is 0 Å². The molecular weight excluding hydrogens is 359 g/mol. The molecule has 7 heteroatoms. The van der Waals surface area contributed by atoms with Gasteiger partial charge in [-0.25, -0.2) is 14.0 Å². The number of halogens is 2. The molecule has 2 N–H and O–H groups in total. The summed E-state index contributed by atoms with van der Waals surface area (Å²) in [6.07, 6.45) is 0. The molecule has 0 saturated carbocycles. The predicted molar refractivity (Wildman–Crippen MR) is 78.8 cm³/mol. The van der Waals surface area contributed by atoms with Crippen molar-refractivity contribution >= 4 is 27.9 Å². The number of hydrogen-bond acceptors (Lipinski definition) is 3. The van der Waals surface area contributed by atoms with Gasteiger partial charge < -0.3 is 14.9 Å². The number of aromatic carboxylic acids is 2. The number of carboxylic acids is 2. The molecule has 0 saturated heterocycles. The molecule has 2 rings (SSSR count). The van der Waals surface area contributed by atoms with Gasteiger partial charge in [-0.1, -0.05) is 22.0 Å². The molecule has 22 heavy (non-hydrogen) atoms. The maximum absolute atomic E-state index is 13.7. The van der Waals surface area contributed by atoms with E-state index in [1.165, 1.54) is 24.3 Å². The molecule has 2 aromatic carbocycles. The van der Waals surface area contributed by atoms with Crippen molar-refractivity contribution in [2.24, 2.45) is 0 Å². The third kappa shape index (κ3) is 3.82. The maximum atomic E-state index is 13.7. The zero-order valence-corrected chi connectivity index (χ0v) is 12.6. The van der Waals surface area contributed by atoms with Gasteiger partial charge in [-0.3, -0.25) is 0 Å². The minimum absolute atomic E-state index is 0.0413. The summed E-state index contributed by atoms with van der Waals surface area (Å²) in [5.41, 5.74) is -0.168. The molecule has 0 spiro atoms. The van der Waals surface area contributed by atoms with E-state index in [0.29, 0.717) is 4.47 Å². The van der Waals surface area contributed by atoms with E-state index in [-0.39, 0.29) is 29.0 Å². The summed E-state index contributed by atoms with van der Waals surface area (Å²) >= 11 is 3.13. The molecule has 0 bridgehead atoms. The summed E-state index contributed by atoms with van der Waals surface area (Å²) in [5.74, 6) is -2.99. The van der Waals surface area contributed by atoms with E-state index < -0.39 is 17.8 Å². The number of ether oxygens (including phenoxy) is 1. The van der Waals surface area contributed by atoms with Gasteiger partial charge in [0.15, 0.2) is 0 Å². The molecule has 114 valence electrons. The lowest BCUT2D eigenvalue weighted by molar-refractivity contribution is 0.0696. The first-order chi connectivity index (χ1) is 10.4. The van der Waals surface area contributed by atoms with Gasteiger partial charge in [0.05, 0.1) is 11.1 Å². The molecule has 0 aliphatic heterocycles. The van der Waals surface area contributed by atoms with Gasteiger partial charge in [-0.2, -0.15) is 0 Å². The fraction of sp³-hybridized carbons (Fsp3) is 0.0667. The third-order valence-electron chi connectivity index (χ3n) is 2.81. The monoisotopic (exact) mass is 368 g/mol. The van der Waals surface area contributed by atoms with Crippen LogP contribution in [0.25, 0.3) is 0 Å². The van der Waals surface area contributed by atoms with Crippen LogP contribution >= 0.6 is 15.9 Å². The predicted octanol–water partition coefficient (Wildman–Crippen LogP) is 3.56. The van der Waals surface area contributed by atoms with Crippen molar-refractivity contribution < 1.29 is 28.9 Å². The Morgan fingerprint density at radius 1 is 1.05 bits per heavy atom. The van der Waals surface area contributed by atoms with Crippen LogP contribution in [0.5, 0.6) is 5.75 Å². The van der Waals surface area contributed by atoms with Crippen molar-refractivity contribution in [1.29, 1.82) is 0 Å². The minimum Gasteiger partial charge on any atom is -0.489 e. The SMILES string of the molecule is O=C(O)c1cc(OCc2ccc(Br)cc2F)cc(C(=O)O)c1. The lowest BCUT2D eigenvalue weighted by atomic mass is 10.1. The van der Waals surface area contributed by atoms with E-state index in [4.69, 9.17) is 14.9 Å². The zero-order chi connectivity index (χ0) is 16.3. The first-order valence-electron chi connectivity index (χ1n) is 6.05. The van der Waals surface area contributed by atoms with Crippen molar-refractivity contribution in [2.45, 2.75) is 6.61 Å². The van der Waals surface area contributed by atoms with Gasteiger partial charge in [0.2, 0.25) is 0 Å². The Morgan fingerprint density at radius 2 is 1.64 bits per heavy atom. The topological polar surface area (TPSA) is 83.8 Å². The summed E-state index contributed by atoms with van der Waals surface area (Å²) in [7, 11) is 0. The standard InChI is InChI=1S/C15H10BrFO5/c16-11-2-1-8(13(17)6-11)7-22-12-4-9(14(18)19)3-10(5-12)15(20)21/h1-6H,7H2,(H,18,19)(H,20,21).